The van der Waals surface area contributed by atoms with Gasteiger partial charge in [-0.2, -0.15) is 0 Å². The van der Waals surface area contributed by atoms with Gasteiger partial charge < -0.3 is 4.74 Å². The summed E-state index contributed by atoms with van der Waals surface area (Å²) >= 11 is 4.52. The van der Waals surface area contributed by atoms with E-state index in [4.69, 9.17) is 4.74 Å². The summed E-state index contributed by atoms with van der Waals surface area (Å²) < 4.78 is 4.98. The maximum Gasteiger partial charge on any atom is 0.146 e. The molecule has 0 saturated carbocycles. The molecule has 0 saturated heterocycles. The number of rotatable bonds is 4. The van der Waals surface area contributed by atoms with Gasteiger partial charge in [0.05, 0.1) is 6.61 Å². The number of hydrogen-bond acceptors (Lipinski definition) is 2. The minimum Gasteiger partial charge on any atom is -0.489 e. The van der Waals surface area contributed by atoms with Gasteiger partial charge in [-0.3, -0.25) is 0 Å². The van der Waals surface area contributed by atoms with Crippen LogP contribution in [0.3, 0.4) is 0 Å². The normalized spacial score (nSPS) is 11.0. The summed E-state index contributed by atoms with van der Waals surface area (Å²) in [6.07, 6.45) is 1.12. The summed E-state index contributed by atoms with van der Waals surface area (Å²) in [6, 6.07) is 0. The summed E-state index contributed by atoms with van der Waals surface area (Å²) in [5.74, 6) is 0. The third-order valence-corrected chi connectivity index (χ3v) is 1.64. The average Bonchev–Trinajstić information content (AvgIpc) is 1.84. The minimum absolute atomic E-state index is 0.273. The van der Waals surface area contributed by atoms with Crippen LogP contribution >= 0.6 is 12.2 Å². The van der Waals surface area contributed by atoms with Crippen LogP contribution in [0.15, 0.2) is 0 Å². The first-order chi connectivity index (χ1) is 4.12. The molecule has 0 unspecified atom stereocenters. The first kappa shape index (κ1) is 8.89. The van der Waals surface area contributed by atoms with Crippen molar-refractivity contribution in [3.8, 4) is 0 Å². The Balaban J connectivity index is 3.44. The molecule has 0 spiro atoms. The molecule has 0 aliphatic rings. The van der Waals surface area contributed by atoms with Crippen LogP contribution in [-0.4, -0.2) is 12.2 Å². The van der Waals surface area contributed by atoms with E-state index in [-0.39, 0.29) is 5.41 Å². The van der Waals surface area contributed by atoms with E-state index >= 15 is 0 Å². The highest BCUT2D eigenvalue weighted by molar-refractivity contribution is 7.78. The lowest BCUT2D eigenvalue weighted by Crippen LogP contribution is -2.17. The van der Waals surface area contributed by atoms with Crippen LogP contribution in [0.5, 0.6) is 0 Å². The number of hydrogen-bond donors (Lipinski definition) is 0. The van der Waals surface area contributed by atoms with E-state index < -0.39 is 0 Å². The molecule has 1 nitrogen and oxygen atoms in total. The molecule has 9 heavy (non-hydrogen) atoms. The molecule has 0 aromatic carbocycles. The molecule has 2 heteroatoms. The fourth-order valence-corrected chi connectivity index (χ4v) is 0.430. The molecule has 0 aromatic heterocycles. The van der Waals surface area contributed by atoms with Gasteiger partial charge >= 0.3 is 0 Å². The van der Waals surface area contributed by atoms with Gasteiger partial charge in [-0.15, -0.1) is 0 Å². The van der Waals surface area contributed by atoms with Gasteiger partial charge in [0.2, 0.25) is 0 Å². The van der Waals surface area contributed by atoms with Crippen LogP contribution in [0.25, 0.3) is 0 Å². The second kappa shape index (κ2) is 3.83. The van der Waals surface area contributed by atoms with Gasteiger partial charge in [0.15, 0.2) is 0 Å². The maximum atomic E-state index is 4.98. The first-order valence-corrected chi connectivity index (χ1v) is 3.65. The SMILES string of the molecule is CCC(C)(C)COC=S. The number of thiocarbonyl (C=S) groups is 1. The van der Waals surface area contributed by atoms with Crippen molar-refractivity contribution in [1.82, 2.24) is 0 Å². The lowest BCUT2D eigenvalue weighted by atomic mass is 9.92. The molecule has 0 atom stereocenters. The number of ether oxygens (including phenoxy) is 1. The van der Waals surface area contributed by atoms with Crippen molar-refractivity contribution in [1.29, 1.82) is 0 Å². The third kappa shape index (κ3) is 4.40. The molecule has 0 rings (SSSR count). The third-order valence-electron chi connectivity index (χ3n) is 1.50. The van der Waals surface area contributed by atoms with Gasteiger partial charge in [-0.1, -0.05) is 20.8 Å². The highest BCUT2D eigenvalue weighted by Crippen LogP contribution is 2.18. The zero-order valence-electron chi connectivity index (χ0n) is 6.31. The Morgan fingerprint density at radius 1 is 1.56 bits per heavy atom. The smallest absolute Gasteiger partial charge is 0.146 e. The van der Waals surface area contributed by atoms with E-state index in [2.05, 4.69) is 33.0 Å². The molecule has 0 amide bonds. The maximum absolute atomic E-state index is 4.98. The Hall–Kier alpha value is -0.110. The Morgan fingerprint density at radius 2 is 2.11 bits per heavy atom. The van der Waals surface area contributed by atoms with Gasteiger partial charge in [0.1, 0.15) is 5.55 Å². The van der Waals surface area contributed by atoms with Crippen molar-refractivity contribution in [2.24, 2.45) is 5.41 Å². The van der Waals surface area contributed by atoms with Gasteiger partial charge in [0, 0.05) is 0 Å². The monoisotopic (exact) mass is 146 g/mol. The molecule has 0 heterocycles. The predicted octanol–water partition coefficient (Wildman–Crippen LogP) is 2.40. The highest BCUT2D eigenvalue weighted by atomic mass is 32.1. The molecular formula is C7H14OS. The summed E-state index contributed by atoms with van der Waals surface area (Å²) in [4.78, 5) is 0. The van der Waals surface area contributed by atoms with E-state index in [0.29, 0.717) is 0 Å². The van der Waals surface area contributed by atoms with Gasteiger partial charge in [0.25, 0.3) is 0 Å². The zero-order valence-corrected chi connectivity index (χ0v) is 7.12. The molecule has 0 N–H and O–H groups in total. The van der Waals surface area contributed by atoms with E-state index in [1.165, 1.54) is 5.55 Å². The zero-order chi connectivity index (χ0) is 7.33. The molecule has 0 aliphatic carbocycles. The molecular weight excluding hydrogens is 132 g/mol. The predicted molar refractivity (Wildman–Crippen MR) is 43.7 cm³/mol. The Kier molecular flexibility index (Phi) is 3.78. The second-order valence-corrected chi connectivity index (χ2v) is 3.12. The molecule has 0 bridgehead atoms. The molecule has 0 aromatic rings. The van der Waals surface area contributed by atoms with Crippen LogP contribution in [-0.2, 0) is 4.74 Å². The standard InChI is InChI=1S/C7H14OS/c1-4-7(2,3)5-8-6-9/h6H,4-5H2,1-3H3. The molecule has 54 valence electrons. The van der Waals surface area contributed by atoms with Crippen LogP contribution in [0.4, 0.5) is 0 Å². The van der Waals surface area contributed by atoms with Crippen LogP contribution < -0.4 is 0 Å². The molecule has 0 fully saturated rings. The van der Waals surface area contributed by atoms with Crippen LogP contribution in [0.2, 0.25) is 0 Å². The van der Waals surface area contributed by atoms with E-state index in [1.54, 1.807) is 0 Å². The molecule has 0 aliphatic heterocycles. The second-order valence-electron chi connectivity index (χ2n) is 2.92. The largest absolute Gasteiger partial charge is 0.489 e. The highest BCUT2D eigenvalue weighted by Gasteiger charge is 2.14. The Labute approximate surface area is 62.4 Å². The topological polar surface area (TPSA) is 9.23 Å². The minimum atomic E-state index is 0.273. The van der Waals surface area contributed by atoms with Crippen LogP contribution in [0.1, 0.15) is 27.2 Å². The van der Waals surface area contributed by atoms with Crippen LogP contribution in [0, 0.1) is 5.41 Å². The Bertz CT molecular complexity index is 88.9. The van der Waals surface area contributed by atoms with Crippen molar-refractivity contribution in [3.63, 3.8) is 0 Å². The summed E-state index contributed by atoms with van der Waals surface area (Å²) in [5.41, 5.74) is 1.60. The van der Waals surface area contributed by atoms with Crippen molar-refractivity contribution in [2.75, 3.05) is 6.61 Å². The fraction of sp³-hybridized carbons (Fsp3) is 0.857. The van der Waals surface area contributed by atoms with Crippen molar-refractivity contribution in [3.05, 3.63) is 0 Å². The summed E-state index contributed by atoms with van der Waals surface area (Å²) in [7, 11) is 0. The summed E-state index contributed by atoms with van der Waals surface area (Å²) in [6.45, 7) is 7.19. The van der Waals surface area contributed by atoms with Gasteiger partial charge in [-0.25, -0.2) is 0 Å². The Morgan fingerprint density at radius 3 is 2.44 bits per heavy atom. The summed E-state index contributed by atoms with van der Waals surface area (Å²) in [5, 5.41) is 0. The quantitative estimate of drug-likeness (QED) is 0.563. The van der Waals surface area contributed by atoms with E-state index in [0.717, 1.165) is 13.0 Å². The van der Waals surface area contributed by atoms with E-state index in [1.807, 2.05) is 0 Å². The fourth-order valence-electron chi connectivity index (χ4n) is 0.362. The molecule has 0 radical (unpaired) electrons. The van der Waals surface area contributed by atoms with Crippen molar-refractivity contribution in [2.45, 2.75) is 27.2 Å². The van der Waals surface area contributed by atoms with Crippen molar-refractivity contribution < 1.29 is 4.74 Å². The lowest BCUT2D eigenvalue weighted by molar-refractivity contribution is 0.176. The average molecular weight is 146 g/mol. The lowest BCUT2D eigenvalue weighted by Gasteiger charge is -2.20. The van der Waals surface area contributed by atoms with Crippen molar-refractivity contribution >= 4 is 17.8 Å². The van der Waals surface area contributed by atoms with E-state index in [9.17, 15) is 0 Å². The van der Waals surface area contributed by atoms with Gasteiger partial charge in [-0.05, 0) is 24.1 Å². The first-order valence-electron chi connectivity index (χ1n) is 3.17.